The van der Waals surface area contributed by atoms with Crippen molar-refractivity contribution in [2.24, 2.45) is 5.92 Å². The Morgan fingerprint density at radius 1 is 1.10 bits per heavy atom. The van der Waals surface area contributed by atoms with Crippen LogP contribution in [0.25, 0.3) is 10.8 Å². The normalized spacial score (nSPS) is 16.2. The summed E-state index contributed by atoms with van der Waals surface area (Å²) in [5, 5.41) is 6.56. The Morgan fingerprint density at radius 3 is 2.71 bits per heavy atom. The number of aryl methyl sites for hydroxylation is 1. The first kappa shape index (κ1) is 14.6. The van der Waals surface area contributed by atoms with E-state index in [0.717, 1.165) is 12.0 Å². The molecule has 1 fully saturated rings. The van der Waals surface area contributed by atoms with E-state index in [1.807, 2.05) is 0 Å². The zero-order valence-corrected chi connectivity index (χ0v) is 13.1. The van der Waals surface area contributed by atoms with Crippen molar-refractivity contribution >= 4 is 10.8 Å². The van der Waals surface area contributed by atoms with Crippen molar-refractivity contribution in [2.45, 2.75) is 51.5 Å². The minimum absolute atomic E-state index is 0.764. The van der Waals surface area contributed by atoms with Crippen LogP contribution < -0.4 is 5.32 Å². The minimum Gasteiger partial charge on any atom is -0.314 e. The summed E-state index contributed by atoms with van der Waals surface area (Å²) in [6.07, 6.45) is 7.95. The molecule has 0 amide bonds. The van der Waals surface area contributed by atoms with Crippen molar-refractivity contribution in [1.82, 2.24) is 5.32 Å². The lowest BCUT2D eigenvalue weighted by atomic mass is 9.97. The van der Waals surface area contributed by atoms with Crippen LogP contribution in [0.1, 0.15) is 44.6 Å². The lowest BCUT2D eigenvalue weighted by Gasteiger charge is -2.18. The fourth-order valence-corrected chi connectivity index (χ4v) is 3.36. The number of hydrogen-bond acceptors (Lipinski definition) is 1. The Balaban J connectivity index is 1.58. The van der Waals surface area contributed by atoms with Crippen LogP contribution in [0.5, 0.6) is 0 Å². The highest BCUT2D eigenvalue weighted by molar-refractivity contribution is 5.85. The number of fused-ring (bicyclic) bond motifs is 1. The molecule has 1 heteroatoms. The SMILES string of the molecule is CCCNC(CCCc1cccc2ccccc12)C1CC1. The molecule has 0 heterocycles. The average molecular weight is 281 g/mol. The van der Waals surface area contributed by atoms with Gasteiger partial charge < -0.3 is 5.32 Å². The van der Waals surface area contributed by atoms with Gasteiger partial charge in [0.05, 0.1) is 0 Å². The molecular formula is C20H27N. The van der Waals surface area contributed by atoms with Crippen LogP contribution in [-0.4, -0.2) is 12.6 Å². The van der Waals surface area contributed by atoms with E-state index >= 15 is 0 Å². The minimum atomic E-state index is 0.764. The Bertz CT molecular complexity index is 566. The molecule has 112 valence electrons. The highest BCUT2D eigenvalue weighted by atomic mass is 14.9. The Labute approximate surface area is 128 Å². The van der Waals surface area contributed by atoms with E-state index in [0.29, 0.717) is 0 Å². The van der Waals surface area contributed by atoms with Gasteiger partial charge in [0.25, 0.3) is 0 Å². The van der Waals surface area contributed by atoms with Crippen molar-refractivity contribution in [3.8, 4) is 0 Å². The van der Waals surface area contributed by atoms with Crippen LogP contribution in [0.3, 0.4) is 0 Å². The van der Waals surface area contributed by atoms with Crippen molar-refractivity contribution < 1.29 is 0 Å². The van der Waals surface area contributed by atoms with Gasteiger partial charge in [-0.15, -0.1) is 0 Å². The monoisotopic (exact) mass is 281 g/mol. The van der Waals surface area contributed by atoms with E-state index in [1.54, 1.807) is 0 Å². The topological polar surface area (TPSA) is 12.0 Å². The summed E-state index contributed by atoms with van der Waals surface area (Å²) < 4.78 is 0. The van der Waals surface area contributed by atoms with Gasteiger partial charge in [0.2, 0.25) is 0 Å². The van der Waals surface area contributed by atoms with Gasteiger partial charge in [0.15, 0.2) is 0 Å². The van der Waals surface area contributed by atoms with E-state index in [4.69, 9.17) is 0 Å². The first-order valence-corrected chi connectivity index (χ1v) is 8.58. The molecule has 1 aliphatic carbocycles. The third kappa shape index (κ3) is 3.85. The molecule has 21 heavy (non-hydrogen) atoms. The molecule has 1 atom stereocenters. The molecular weight excluding hydrogens is 254 g/mol. The molecule has 1 N–H and O–H groups in total. The van der Waals surface area contributed by atoms with Gasteiger partial charge >= 0.3 is 0 Å². The van der Waals surface area contributed by atoms with Gasteiger partial charge in [-0.05, 0) is 67.3 Å². The van der Waals surface area contributed by atoms with Gasteiger partial charge in [0.1, 0.15) is 0 Å². The Morgan fingerprint density at radius 2 is 1.90 bits per heavy atom. The van der Waals surface area contributed by atoms with Gasteiger partial charge in [-0.25, -0.2) is 0 Å². The quantitative estimate of drug-likeness (QED) is 0.722. The maximum absolute atomic E-state index is 3.75. The highest BCUT2D eigenvalue weighted by Crippen LogP contribution is 2.34. The summed E-state index contributed by atoms with van der Waals surface area (Å²) in [6, 6.07) is 16.2. The van der Waals surface area contributed by atoms with Gasteiger partial charge in [0, 0.05) is 6.04 Å². The lowest BCUT2D eigenvalue weighted by Crippen LogP contribution is -2.31. The third-order valence-electron chi connectivity index (χ3n) is 4.69. The van der Waals surface area contributed by atoms with Crippen LogP contribution in [0.2, 0.25) is 0 Å². The van der Waals surface area contributed by atoms with Crippen molar-refractivity contribution in [2.75, 3.05) is 6.54 Å². The summed E-state index contributed by atoms with van der Waals surface area (Å²) >= 11 is 0. The number of rotatable bonds is 8. The number of nitrogens with one attached hydrogen (secondary N) is 1. The second-order valence-electron chi connectivity index (χ2n) is 6.43. The highest BCUT2D eigenvalue weighted by Gasteiger charge is 2.29. The van der Waals surface area contributed by atoms with Gasteiger partial charge in [-0.3, -0.25) is 0 Å². The molecule has 3 rings (SSSR count). The van der Waals surface area contributed by atoms with Crippen LogP contribution in [0, 0.1) is 5.92 Å². The molecule has 2 aromatic carbocycles. The number of benzene rings is 2. The fourth-order valence-electron chi connectivity index (χ4n) is 3.36. The van der Waals surface area contributed by atoms with Crippen LogP contribution in [-0.2, 0) is 6.42 Å². The molecule has 0 bridgehead atoms. The van der Waals surface area contributed by atoms with Crippen LogP contribution in [0.4, 0.5) is 0 Å². The van der Waals surface area contributed by atoms with E-state index in [9.17, 15) is 0 Å². The largest absolute Gasteiger partial charge is 0.314 e. The van der Waals surface area contributed by atoms with Gasteiger partial charge in [-0.2, -0.15) is 0 Å². The maximum atomic E-state index is 3.75. The molecule has 0 spiro atoms. The first-order valence-electron chi connectivity index (χ1n) is 8.58. The molecule has 2 aromatic rings. The summed E-state index contributed by atoms with van der Waals surface area (Å²) in [5.41, 5.74) is 1.51. The molecule has 1 nitrogen and oxygen atoms in total. The van der Waals surface area contributed by atoms with Crippen molar-refractivity contribution in [1.29, 1.82) is 0 Å². The maximum Gasteiger partial charge on any atom is 0.00954 e. The second-order valence-corrected chi connectivity index (χ2v) is 6.43. The van der Waals surface area contributed by atoms with E-state index in [2.05, 4.69) is 54.7 Å². The molecule has 1 unspecified atom stereocenters. The fraction of sp³-hybridized carbons (Fsp3) is 0.500. The summed E-state index contributed by atoms with van der Waals surface area (Å²) in [5.74, 6) is 0.962. The zero-order chi connectivity index (χ0) is 14.5. The van der Waals surface area contributed by atoms with E-state index in [1.165, 1.54) is 61.4 Å². The smallest absolute Gasteiger partial charge is 0.00954 e. The van der Waals surface area contributed by atoms with E-state index < -0.39 is 0 Å². The predicted octanol–water partition coefficient (Wildman–Crippen LogP) is 4.94. The second kappa shape index (κ2) is 7.09. The lowest BCUT2D eigenvalue weighted by molar-refractivity contribution is 0.425. The average Bonchev–Trinajstić information content (AvgIpc) is 3.35. The predicted molar refractivity (Wildman–Crippen MR) is 91.7 cm³/mol. The summed E-state index contributed by atoms with van der Waals surface area (Å²) in [6.45, 7) is 3.43. The van der Waals surface area contributed by atoms with Crippen molar-refractivity contribution in [3.05, 3.63) is 48.0 Å². The van der Waals surface area contributed by atoms with Crippen LogP contribution in [0.15, 0.2) is 42.5 Å². The molecule has 0 aliphatic heterocycles. The molecule has 1 aliphatic rings. The number of hydrogen-bond donors (Lipinski definition) is 1. The van der Waals surface area contributed by atoms with Gasteiger partial charge in [-0.1, -0.05) is 49.4 Å². The Kier molecular flexibility index (Phi) is 4.92. The summed E-state index contributed by atoms with van der Waals surface area (Å²) in [7, 11) is 0. The zero-order valence-electron chi connectivity index (χ0n) is 13.1. The third-order valence-corrected chi connectivity index (χ3v) is 4.69. The summed E-state index contributed by atoms with van der Waals surface area (Å²) in [4.78, 5) is 0. The van der Waals surface area contributed by atoms with Crippen molar-refractivity contribution in [3.63, 3.8) is 0 Å². The molecule has 0 radical (unpaired) electrons. The molecule has 0 saturated heterocycles. The van der Waals surface area contributed by atoms with Crippen LogP contribution >= 0.6 is 0 Å². The molecule has 1 saturated carbocycles. The molecule has 0 aromatic heterocycles. The Hall–Kier alpha value is -1.34. The first-order chi connectivity index (χ1) is 10.4. The standard InChI is InChI=1S/C20H27N/c1-2-15-21-20(18-13-14-18)12-6-10-17-9-5-8-16-7-3-4-11-19(16)17/h3-5,7-9,11,18,20-21H,2,6,10,12-15H2,1H3. The van der Waals surface area contributed by atoms with E-state index in [-0.39, 0.29) is 0 Å².